The molecule has 1 unspecified atom stereocenters. The lowest BCUT2D eigenvalue weighted by Crippen LogP contribution is -2.25. The summed E-state index contributed by atoms with van der Waals surface area (Å²) in [6.45, 7) is 7.80. The molecule has 1 aromatic heterocycles. The zero-order chi connectivity index (χ0) is 60.2. The standard InChI is InChI=1S/C81H94N2O4/c1-4-5-6-21-28-63-35-45-71(46-36-63)83-78-30-24-23-29-74(78)75-53-42-67(59-79(75)83)65-39-49-70(50-40-65)82(68-43-32-61(2)33-44-68)69-47-37-64(38-48-69)66-41-52-73-72-51-34-62(3)57-76(72)81(77(73)58-66,54-25-18-14-10-7-9-13-17-22-31-80(85)86)55-26-19-15-11-8-12-16-20-27-56-87-60-84/h23-24,29-30,32-53,57-60H,4-22,25-28,31,54-56H2,1-3H3,(H,85,86). The first-order valence-electron chi connectivity index (χ1n) is 33.5. The van der Waals surface area contributed by atoms with Gasteiger partial charge in [0.05, 0.1) is 17.6 Å². The minimum atomic E-state index is -0.682. The van der Waals surface area contributed by atoms with E-state index in [1.54, 1.807) is 0 Å². The molecule has 1 N–H and O–H groups in total. The molecule has 0 bridgehead atoms. The Morgan fingerprint density at radius 3 is 1.55 bits per heavy atom. The first-order valence-corrected chi connectivity index (χ1v) is 33.5. The highest BCUT2D eigenvalue weighted by molar-refractivity contribution is 6.10. The van der Waals surface area contributed by atoms with Gasteiger partial charge in [0.1, 0.15) is 0 Å². The number of carbonyl (C=O) groups excluding carboxylic acids is 1. The van der Waals surface area contributed by atoms with Crippen LogP contribution in [0.1, 0.15) is 195 Å². The zero-order valence-electron chi connectivity index (χ0n) is 52.5. The fourth-order valence-electron chi connectivity index (χ4n) is 14.0. The number of aryl methyl sites for hydroxylation is 3. The number of carbonyl (C=O) groups is 2. The number of ether oxygens (including phenoxy) is 1. The van der Waals surface area contributed by atoms with E-state index in [1.807, 2.05) is 0 Å². The van der Waals surface area contributed by atoms with Gasteiger partial charge in [-0.05, 0) is 169 Å². The number of carboxylic acids is 1. The molecule has 0 aliphatic heterocycles. The van der Waals surface area contributed by atoms with E-state index in [9.17, 15) is 9.59 Å². The van der Waals surface area contributed by atoms with E-state index in [0.29, 0.717) is 13.1 Å². The minimum absolute atomic E-state index is 0.0433. The Bertz CT molecular complexity index is 3630. The monoisotopic (exact) mass is 1160 g/mol. The predicted octanol–water partition coefficient (Wildman–Crippen LogP) is 23.0. The summed E-state index contributed by atoms with van der Waals surface area (Å²) in [5, 5.41) is 11.6. The van der Waals surface area contributed by atoms with Crippen LogP contribution >= 0.6 is 0 Å². The van der Waals surface area contributed by atoms with Crippen molar-refractivity contribution in [1.82, 2.24) is 4.57 Å². The van der Waals surface area contributed by atoms with E-state index in [0.717, 1.165) is 68.4 Å². The number of anilines is 3. The van der Waals surface area contributed by atoms with Gasteiger partial charge in [-0.3, -0.25) is 9.59 Å². The molecule has 1 aliphatic rings. The van der Waals surface area contributed by atoms with Crippen LogP contribution in [0.4, 0.5) is 17.1 Å². The maximum atomic E-state index is 11.0. The van der Waals surface area contributed by atoms with Gasteiger partial charge in [-0.15, -0.1) is 0 Å². The third kappa shape index (κ3) is 15.7. The molecule has 1 heterocycles. The van der Waals surface area contributed by atoms with Crippen LogP contribution in [-0.4, -0.2) is 28.7 Å². The number of nitrogens with zero attached hydrogens (tertiary/aromatic N) is 2. The van der Waals surface area contributed by atoms with Crippen molar-refractivity contribution in [2.45, 2.75) is 193 Å². The van der Waals surface area contributed by atoms with E-state index in [2.05, 4.69) is 206 Å². The molecule has 10 rings (SSSR count). The van der Waals surface area contributed by atoms with E-state index >= 15 is 0 Å². The van der Waals surface area contributed by atoms with Gasteiger partial charge in [0.15, 0.2) is 0 Å². The van der Waals surface area contributed by atoms with Crippen LogP contribution in [0, 0.1) is 13.8 Å². The fraction of sp³-hybridized carbons (Fsp3) is 0.383. The molecule has 0 saturated heterocycles. The topological polar surface area (TPSA) is 71.8 Å². The SMILES string of the molecule is CCCCCCc1ccc(-n2c3ccccc3c3ccc(-c4ccc(N(c5ccc(C)cc5)c5ccc(-c6ccc7c(c6)C(CCCCCCCCCCCOC=O)(CCCCCCCCCCCC(=O)O)c6cc(C)ccc6-7)cc5)cc4)cc32)cc1. The number of aliphatic carboxylic acids is 1. The molecule has 1 aliphatic carbocycles. The van der Waals surface area contributed by atoms with Crippen LogP contribution in [0.15, 0.2) is 176 Å². The molecule has 87 heavy (non-hydrogen) atoms. The van der Waals surface area contributed by atoms with Gasteiger partial charge in [0.2, 0.25) is 0 Å². The fourth-order valence-corrected chi connectivity index (χ4v) is 14.0. The Hall–Kier alpha value is -7.70. The van der Waals surface area contributed by atoms with Gasteiger partial charge in [0.25, 0.3) is 6.47 Å². The molecule has 0 radical (unpaired) electrons. The van der Waals surface area contributed by atoms with Crippen molar-refractivity contribution >= 4 is 51.3 Å². The number of rotatable bonds is 36. The summed E-state index contributed by atoms with van der Waals surface area (Å²) in [6, 6.07) is 67.0. The molecule has 6 heteroatoms. The molecule has 6 nitrogen and oxygen atoms in total. The predicted molar refractivity (Wildman–Crippen MR) is 366 cm³/mol. The summed E-state index contributed by atoms with van der Waals surface area (Å²) in [5.41, 5.74) is 21.7. The van der Waals surface area contributed by atoms with Gasteiger partial charge < -0.3 is 19.3 Å². The average Bonchev–Trinajstić information content (AvgIpc) is 1.63. The van der Waals surface area contributed by atoms with Crippen LogP contribution in [0.5, 0.6) is 0 Å². The van der Waals surface area contributed by atoms with E-state index in [4.69, 9.17) is 9.84 Å². The lowest BCUT2D eigenvalue weighted by molar-refractivity contribution is -0.137. The Morgan fingerprint density at radius 1 is 0.471 bits per heavy atom. The molecule has 9 aromatic rings. The van der Waals surface area contributed by atoms with Gasteiger partial charge in [-0.25, -0.2) is 0 Å². The first kappa shape index (κ1) is 62.4. The van der Waals surface area contributed by atoms with Crippen molar-refractivity contribution in [3.05, 3.63) is 204 Å². The maximum absolute atomic E-state index is 11.0. The summed E-state index contributed by atoms with van der Waals surface area (Å²) in [5.74, 6) is -0.682. The van der Waals surface area contributed by atoms with Crippen molar-refractivity contribution < 1.29 is 19.4 Å². The van der Waals surface area contributed by atoms with E-state index < -0.39 is 5.97 Å². The van der Waals surface area contributed by atoms with Crippen molar-refractivity contribution in [2.75, 3.05) is 11.5 Å². The van der Waals surface area contributed by atoms with E-state index in [-0.39, 0.29) is 11.8 Å². The number of hydrogen-bond donors (Lipinski definition) is 1. The normalized spacial score (nSPS) is 13.5. The minimum Gasteiger partial charge on any atom is -0.481 e. The highest BCUT2D eigenvalue weighted by atomic mass is 16.5. The maximum Gasteiger partial charge on any atom is 0.303 e. The summed E-state index contributed by atoms with van der Waals surface area (Å²) in [4.78, 5) is 23.9. The van der Waals surface area contributed by atoms with Crippen LogP contribution in [0.3, 0.4) is 0 Å². The largest absolute Gasteiger partial charge is 0.481 e. The number of aromatic nitrogens is 1. The molecule has 0 saturated carbocycles. The summed E-state index contributed by atoms with van der Waals surface area (Å²) in [6.07, 6.45) is 29.9. The number of benzene rings is 8. The summed E-state index contributed by atoms with van der Waals surface area (Å²) >= 11 is 0. The van der Waals surface area contributed by atoms with Crippen LogP contribution in [-0.2, 0) is 26.2 Å². The molecule has 1 atom stereocenters. The molecule has 8 aromatic carbocycles. The third-order valence-electron chi connectivity index (χ3n) is 18.8. The van der Waals surface area contributed by atoms with Gasteiger partial charge in [-0.2, -0.15) is 0 Å². The Balaban J connectivity index is 0.892. The molecular formula is C81H94N2O4. The van der Waals surface area contributed by atoms with Gasteiger partial charge in [0, 0.05) is 45.4 Å². The average molecular weight is 1160 g/mol. The van der Waals surface area contributed by atoms with Crippen molar-refractivity contribution in [1.29, 1.82) is 0 Å². The molecule has 0 spiro atoms. The highest BCUT2D eigenvalue weighted by Gasteiger charge is 2.42. The van der Waals surface area contributed by atoms with Crippen LogP contribution < -0.4 is 4.90 Å². The van der Waals surface area contributed by atoms with Crippen molar-refractivity contribution in [3.8, 4) is 39.1 Å². The second kappa shape index (κ2) is 31.3. The second-order valence-corrected chi connectivity index (χ2v) is 25.2. The molecule has 0 fully saturated rings. The summed E-state index contributed by atoms with van der Waals surface area (Å²) < 4.78 is 7.34. The zero-order valence-corrected chi connectivity index (χ0v) is 52.5. The Labute approximate surface area is 520 Å². The Kier molecular flexibility index (Phi) is 22.4. The highest BCUT2D eigenvalue weighted by Crippen LogP contribution is 2.55. The first-order chi connectivity index (χ1) is 42.7. The van der Waals surface area contributed by atoms with Crippen LogP contribution in [0.25, 0.3) is 60.9 Å². The lowest BCUT2D eigenvalue weighted by Gasteiger charge is -2.33. The number of unbranched alkanes of at least 4 members (excludes halogenated alkanes) is 19. The summed E-state index contributed by atoms with van der Waals surface area (Å²) in [7, 11) is 0. The Morgan fingerprint density at radius 2 is 0.954 bits per heavy atom. The third-order valence-corrected chi connectivity index (χ3v) is 18.8. The second-order valence-electron chi connectivity index (χ2n) is 25.2. The lowest BCUT2D eigenvalue weighted by atomic mass is 9.70. The molecule has 0 amide bonds. The number of hydrogen-bond acceptors (Lipinski definition) is 4. The van der Waals surface area contributed by atoms with Gasteiger partial charge in [-0.1, -0.05) is 249 Å². The smallest absolute Gasteiger partial charge is 0.303 e. The van der Waals surface area contributed by atoms with Crippen LogP contribution in [0.2, 0.25) is 0 Å². The number of para-hydroxylation sites is 1. The molecular weight excluding hydrogens is 1060 g/mol. The quantitative estimate of drug-likeness (QED) is 0.0313. The van der Waals surface area contributed by atoms with E-state index in [1.165, 1.54) is 198 Å². The number of fused-ring (bicyclic) bond motifs is 6. The number of carboxylic acid groups (broad SMARTS) is 1. The van der Waals surface area contributed by atoms with Crippen molar-refractivity contribution in [3.63, 3.8) is 0 Å². The molecule has 452 valence electrons. The van der Waals surface area contributed by atoms with Gasteiger partial charge >= 0.3 is 5.97 Å². The van der Waals surface area contributed by atoms with Crippen molar-refractivity contribution in [2.24, 2.45) is 0 Å².